The zero-order valence-electron chi connectivity index (χ0n) is 9.55. The van der Waals surface area contributed by atoms with Crippen molar-refractivity contribution < 1.29 is 4.74 Å². The summed E-state index contributed by atoms with van der Waals surface area (Å²) in [6, 6.07) is 0. The highest BCUT2D eigenvalue weighted by atomic mass is 16.5. The third-order valence-electron chi connectivity index (χ3n) is 2.69. The molecule has 1 aliphatic rings. The largest absolute Gasteiger partial charge is 0.495 e. The molecule has 13 heavy (non-hydrogen) atoms. The summed E-state index contributed by atoms with van der Waals surface area (Å²) in [5.41, 5.74) is 1.54. The maximum atomic E-state index is 5.90. The average Bonchev–Trinajstić information content (AvgIpc) is 2.03. The van der Waals surface area contributed by atoms with Crippen molar-refractivity contribution in [1.29, 1.82) is 0 Å². The molecule has 0 saturated carbocycles. The van der Waals surface area contributed by atoms with Gasteiger partial charge in [-0.3, -0.25) is 0 Å². The van der Waals surface area contributed by atoms with Gasteiger partial charge in [-0.2, -0.15) is 0 Å². The summed E-state index contributed by atoms with van der Waals surface area (Å²) in [6.07, 6.45) is 2.83. The smallest absolute Gasteiger partial charge is 0.0983 e. The van der Waals surface area contributed by atoms with E-state index in [1.54, 1.807) is 0 Å². The van der Waals surface area contributed by atoms with E-state index >= 15 is 0 Å². The van der Waals surface area contributed by atoms with Crippen molar-refractivity contribution in [2.45, 2.75) is 53.6 Å². The molecule has 1 heteroatoms. The minimum atomic E-state index is 0.417. The molecule has 0 unspecified atom stereocenters. The van der Waals surface area contributed by atoms with Crippen LogP contribution in [0, 0.1) is 11.8 Å². The van der Waals surface area contributed by atoms with Crippen LogP contribution in [0.3, 0.4) is 0 Å². The molecule has 0 amide bonds. The van der Waals surface area contributed by atoms with Crippen LogP contribution in [0.4, 0.5) is 0 Å². The van der Waals surface area contributed by atoms with Crippen LogP contribution in [0.15, 0.2) is 11.3 Å². The molecule has 1 nitrogen and oxygen atoms in total. The van der Waals surface area contributed by atoms with Gasteiger partial charge in [-0.25, -0.2) is 0 Å². The van der Waals surface area contributed by atoms with Gasteiger partial charge in [-0.1, -0.05) is 27.7 Å². The summed E-state index contributed by atoms with van der Waals surface area (Å²) in [5, 5.41) is 0. The molecule has 0 aromatic carbocycles. The molecule has 0 saturated heterocycles. The number of hydrogen-bond acceptors (Lipinski definition) is 1. The van der Waals surface area contributed by atoms with E-state index in [2.05, 4.69) is 34.6 Å². The van der Waals surface area contributed by atoms with Crippen LogP contribution in [-0.2, 0) is 4.74 Å². The second kappa shape index (κ2) is 4.17. The fourth-order valence-electron chi connectivity index (χ4n) is 1.91. The molecule has 0 bridgehead atoms. The SMILES string of the molecule is CC(C)C1=C(C(C)C)O[C@H](C)CC1. The van der Waals surface area contributed by atoms with Gasteiger partial charge in [0.1, 0.15) is 0 Å². The zero-order chi connectivity index (χ0) is 10.0. The maximum Gasteiger partial charge on any atom is 0.0983 e. The number of ether oxygens (including phenoxy) is 1. The highest BCUT2D eigenvalue weighted by Gasteiger charge is 2.22. The van der Waals surface area contributed by atoms with Crippen molar-refractivity contribution >= 4 is 0 Å². The first-order chi connectivity index (χ1) is 6.02. The third kappa shape index (κ3) is 2.49. The Kier molecular flexibility index (Phi) is 3.40. The van der Waals surface area contributed by atoms with Crippen molar-refractivity contribution in [3.05, 3.63) is 11.3 Å². The molecule has 76 valence electrons. The molecule has 1 rings (SSSR count). The molecule has 0 spiro atoms. The van der Waals surface area contributed by atoms with E-state index in [-0.39, 0.29) is 0 Å². The van der Waals surface area contributed by atoms with Crippen LogP contribution >= 0.6 is 0 Å². The Bertz CT molecular complexity index is 201. The number of hydrogen-bond donors (Lipinski definition) is 0. The third-order valence-corrected chi connectivity index (χ3v) is 2.69. The fraction of sp³-hybridized carbons (Fsp3) is 0.833. The van der Waals surface area contributed by atoms with Crippen LogP contribution < -0.4 is 0 Å². The lowest BCUT2D eigenvalue weighted by molar-refractivity contribution is 0.0831. The van der Waals surface area contributed by atoms with Gasteiger partial charge in [-0.15, -0.1) is 0 Å². The molecular formula is C12H22O. The molecule has 0 N–H and O–H groups in total. The lowest BCUT2D eigenvalue weighted by Gasteiger charge is -2.30. The number of allylic oxidation sites excluding steroid dienone is 2. The van der Waals surface area contributed by atoms with Crippen LogP contribution in [0.2, 0.25) is 0 Å². The molecule has 0 aromatic rings. The van der Waals surface area contributed by atoms with E-state index in [0.29, 0.717) is 17.9 Å². The fourth-order valence-corrected chi connectivity index (χ4v) is 1.91. The van der Waals surface area contributed by atoms with Gasteiger partial charge in [0.25, 0.3) is 0 Å². The van der Waals surface area contributed by atoms with Gasteiger partial charge >= 0.3 is 0 Å². The maximum absolute atomic E-state index is 5.90. The van der Waals surface area contributed by atoms with Crippen LogP contribution in [0.1, 0.15) is 47.5 Å². The van der Waals surface area contributed by atoms with Gasteiger partial charge in [0.15, 0.2) is 0 Å². The molecule has 0 aromatic heterocycles. The highest BCUT2D eigenvalue weighted by Crippen LogP contribution is 2.32. The van der Waals surface area contributed by atoms with Crippen LogP contribution in [-0.4, -0.2) is 6.10 Å². The second-order valence-electron chi connectivity index (χ2n) is 4.67. The van der Waals surface area contributed by atoms with Crippen molar-refractivity contribution in [1.82, 2.24) is 0 Å². The Labute approximate surface area is 82.2 Å². The van der Waals surface area contributed by atoms with Gasteiger partial charge in [0.2, 0.25) is 0 Å². The first-order valence-electron chi connectivity index (χ1n) is 5.42. The van der Waals surface area contributed by atoms with Crippen LogP contribution in [0.25, 0.3) is 0 Å². The van der Waals surface area contributed by atoms with E-state index in [0.717, 1.165) is 0 Å². The quantitative estimate of drug-likeness (QED) is 0.632. The molecule has 1 aliphatic heterocycles. The summed E-state index contributed by atoms with van der Waals surface area (Å²) in [7, 11) is 0. The van der Waals surface area contributed by atoms with Gasteiger partial charge in [0, 0.05) is 5.92 Å². The number of rotatable bonds is 2. The summed E-state index contributed by atoms with van der Waals surface area (Å²) in [6.45, 7) is 11.1. The molecular weight excluding hydrogens is 160 g/mol. The van der Waals surface area contributed by atoms with E-state index in [9.17, 15) is 0 Å². The van der Waals surface area contributed by atoms with Gasteiger partial charge < -0.3 is 4.74 Å². The van der Waals surface area contributed by atoms with Crippen LogP contribution in [0.5, 0.6) is 0 Å². The van der Waals surface area contributed by atoms with Crippen molar-refractivity contribution in [3.63, 3.8) is 0 Å². The van der Waals surface area contributed by atoms with Gasteiger partial charge in [0.05, 0.1) is 11.9 Å². The normalized spacial score (nSPS) is 24.1. The predicted octanol–water partition coefficient (Wildman–Crippen LogP) is 3.75. The Balaban J connectivity index is 2.87. The second-order valence-corrected chi connectivity index (χ2v) is 4.67. The summed E-state index contributed by atoms with van der Waals surface area (Å²) >= 11 is 0. The van der Waals surface area contributed by atoms with Crippen molar-refractivity contribution in [3.8, 4) is 0 Å². The van der Waals surface area contributed by atoms with E-state index in [1.807, 2.05) is 0 Å². The molecule has 1 heterocycles. The standard InChI is InChI=1S/C12H22O/c1-8(2)11-7-6-10(5)13-12(11)9(3)4/h8-10H,6-7H2,1-5H3/t10-/m1/s1. The lowest BCUT2D eigenvalue weighted by Crippen LogP contribution is -2.20. The Morgan fingerprint density at radius 3 is 2.23 bits per heavy atom. The van der Waals surface area contributed by atoms with E-state index in [4.69, 9.17) is 4.74 Å². The minimum Gasteiger partial charge on any atom is -0.495 e. The first-order valence-corrected chi connectivity index (χ1v) is 5.42. The summed E-state index contributed by atoms with van der Waals surface area (Å²) in [5.74, 6) is 2.44. The first kappa shape index (κ1) is 10.6. The molecule has 1 atom stereocenters. The Morgan fingerprint density at radius 2 is 1.77 bits per heavy atom. The van der Waals surface area contributed by atoms with Crippen molar-refractivity contribution in [2.24, 2.45) is 11.8 Å². The minimum absolute atomic E-state index is 0.417. The van der Waals surface area contributed by atoms with E-state index in [1.165, 1.54) is 24.2 Å². The average molecular weight is 182 g/mol. The zero-order valence-corrected chi connectivity index (χ0v) is 9.55. The lowest BCUT2D eigenvalue weighted by atomic mass is 9.90. The van der Waals surface area contributed by atoms with Gasteiger partial charge in [-0.05, 0) is 31.3 Å². The topological polar surface area (TPSA) is 9.23 Å². The Hall–Kier alpha value is -0.460. The summed E-state index contributed by atoms with van der Waals surface area (Å²) < 4.78 is 5.90. The van der Waals surface area contributed by atoms with Crippen molar-refractivity contribution in [2.75, 3.05) is 0 Å². The monoisotopic (exact) mass is 182 g/mol. The highest BCUT2D eigenvalue weighted by molar-refractivity contribution is 5.15. The Morgan fingerprint density at radius 1 is 1.15 bits per heavy atom. The van der Waals surface area contributed by atoms with E-state index < -0.39 is 0 Å². The predicted molar refractivity (Wildman–Crippen MR) is 56.5 cm³/mol. The molecule has 0 radical (unpaired) electrons. The molecule has 0 aliphatic carbocycles. The molecule has 0 fully saturated rings. The summed E-state index contributed by atoms with van der Waals surface area (Å²) in [4.78, 5) is 0.